The van der Waals surface area contributed by atoms with E-state index in [9.17, 15) is 13.9 Å². The maximum atomic E-state index is 12.2. The molecule has 5 nitrogen and oxygen atoms in total. The molecule has 4 N–H and O–H groups in total. The number of nitrogens with zero attached hydrogens (tertiary/aromatic N) is 1. The van der Waals surface area contributed by atoms with E-state index in [0.717, 1.165) is 17.7 Å². The van der Waals surface area contributed by atoms with Gasteiger partial charge in [0.1, 0.15) is 5.75 Å². The first-order chi connectivity index (χ1) is 12.0. The average Bonchev–Trinajstić information content (AvgIpc) is 2.59. The first-order valence-electron chi connectivity index (χ1n) is 7.86. The molecule has 0 aliphatic heterocycles. The standard InChI is InChI=1S/C18H21F2N3O2.HI/c1-2-12-5-3-7-14(9-12)23-18(21)22-11-16(24)13-6-4-8-15(10-13)25-17(19)20;/h3-10,16-17,24H,2,11H2,1H3,(H3,21,22,23);1H. The smallest absolute Gasteiger partial charge is 0.387 e. The van der Waals surface area contributed by atoms with E-state index < -0.39 is 12.7 Å². The second-order valence-electron chi connectivity index (χ2n) is 5.37. The summed E-state index contributed by atoms with van der Waals surface area (Å²) in [6.45, 7) is -0.868. The van der Waals surface area contributed by atoms with Gasteiger partial charge in [-0.25, -0.2) is 0 Å². The van der Waals surface area contributed by atoms with Crippen LogP contribution in [0.2, 0.25) is 0 Å². The van der Waals surface area contributed by atoms with Gasteiger partial charge in [0.25, 0.3) is 0 Å². The molecule has 0 spiro atoms. The van der Waals surface area contributed by atoms with Crippen molar-refractivity contribution in [2.45, 2.75) is 26.1 Å². The number of rotatable bonds is 7. The molecule has 0 aliphatic rings. The van der Waals surface area contributed by atoms with Crippen LogP contribution in [0.3, 0.4) is 0 Å². The Balaban J connectivity index is 0.00000338. The zero-order valence-corrected chi connectivity index (χ0v) is 16.6. The van der Waals surface area contributed by atoms with Gasteiger partial charge < -0.3 is 20.9 Å². The van der Waals surface area contributed by atoms with Gasteiger partial charge >= 0.3 is 6.61 Å². The number of aliphatic imine (C=N–C) groups is 1. The third-order valence-corrected chi connectivity index (χ3v) is 3.51. The van der Waals surface area contributed by atoms with Gasteiger partial charge in [0.2, 0.25) is 0 Å². The first-order valence-corrected chi connectivity index (χ1v) is 7.86. The highest BCUT2D eigenvalue weighted by molar-refractivity contribution is 14.0. The molecule has 26 heavy (non-hydrogen) atoms. The van der Waals surface area contributed by atoms with Gasteiger partial charge in [-0.2, -0.15) is 8.78 Å². The topological polar surface area (TPSA) is 79.9 Å². The van der Waals surface area contributed by atoms with E-state index in [1.54, 1.807) is 6.07 Å². The summed E-state index contributed by atoms with van der Waals surface area (Å²) in [7, 11) is 0. The number of alkyl halides is 2. The summed E-state index contributed by atoms with van der Waals surface area (Å²) >= 11 is 0. The van der Waals surface area contributed by atoms with Gasteiger partial charge in [-0.15, -0.1) is 24.0 Å². The van der Waals surface area contributed by atoms with E-state index in [1.165, 1.54) is 18.2 Å². The Morgan fingerprint density at radius 2 is 1.96 bits per heavy atom. The summed E-state index contributed by atoms with van der Waals surface area (Å²) in [5.74, 6) is 0.144. The number of aliphatic hydroxyl groups excluding tert-OH is 1. The molecular formula is C18H22F2IN3O2. The van der Waals surface area contributed by atoms with Crippen molar-refractivity contribution in [3.05, 3.63) is 59.7 Å². The van der Waals surface area contributed by atoms with Gasteiger partial charge in [0, 0.05) is 5.69 Å². The van der Waals surface area contributed by atoms with Crippen molar-refractivity contribution in [1.29, 1.82) is 0 Å². The molecule has 0 heterocycles. The van der Waals surface area contributed by atoms with Gasteiger partial charge in [0.05, 0.1) is 12.6 Å². The quantitative estimate of drug-likeness (QED) is 0.321. The number of benzene rings is 2. The fourth-order valence-electron chi connectivity index (χ4n) is 2.24. The van der Waals surface area contributed by atoms with E-state index in [2.05, 4.69) is 22.0 Å². The lowest BCUT2D eigenvalue weighted by Gasteiger charge is -2.12. The summed E-state index contributed by atoms with van der Waals surface area (Å²) in [4.78, 5) is 4.09. The highest BCUT2D eigenvalue weighted by Crippen LogP contribution is 2.21. The number of aliphatic hydroxyl groups is 1. The Morgan fingerprint density at radius 3 is 2.65 bits per heavy atom. The Labute approximate surface area is 168 Å². The molecule has 142 valence electrons. The molecule has 2 aromatic carbocycles. The fraction of sp³-hybridized carbons (Fsp3) is 0.278. The monoisotopic (exact) mass is 477 g/mol. The van der Waals surface area contributed by atoms with Crippen LogP contribution >= 0.6 is 24.0 Å². The third kappa shape index (κ3) is 7.12. The van der Waals surface area contributed by atoms with E-state index in [4.69, 9.17) is 5.73 Å². The van der Waals surface area contributed by atoms with Crippen LogP contribution in [-0.2, 0) is 6.42 Å². The van der Waals surface area contributed by atoms with Crippen LogP contribution < -0.4 is 15.8 Å². The lowest BCUT2D eigenvalue weighted by Crippen LogP contribution is -2.23. The van der Waals surface area contributed by atoms with Crippen molar-refractivity contribution in [2.75, 3.05) is 11.9 Å². The Bertz CT molecular complexity index is 729. The highest BCUT2D eigenvalue weighted by Gasteiger charge is 2.10. The second kappa shape index (κ2) is 10.9. The Kier molecular flexibility index (Phi) is 9.28. The first kappa shape index (κ1) is 22.1. The minimum Gasteiger partial charge on any atom is -0.435 e. The third-order valence-electron chi connectivity index (χ3n) is 3.51. The van der Waals surface area contributed by atoms with Crippen molar-refractivity contribution in [3.63, 3.8) is 0 Å². The SMILES string of the molecule is CCc1cccc(NC(N)=NCC(O)c2cccc(OC(F)F)c2)c1.I. The highest BCUT2D eigenvalue weighted by atomic mass is 127. The number of hydrogen-bond acceptors (Lipinski definition) is 3. The van der Waals surface area contributed by atoms with Crippen LogP contribution in [-0.4, -0.2) is 24.2 Å². The Morgan fingerprint density at radius 1 is 1.23 bits per heavy atom. The number of hydrogen-bond donors (Lipinski definition) is 3. The molecule has 0 saturated carbocycles. The molecule has 0 saturated heterocycles. The minimum absolute atomic E-state index is 0. The molecule has 0 aliphatic carbocycles. The zero-order chi connectivity index (χ0) is 18.2. The number of ether oxygens (including phenoxy) is 1. The van der Waals surface area contributed by atoms with Crippen molar-refractivity contribution in [1.82, 2.24) is 0 Å². The largest absolute Gasteiger partial charge is 0.435 e. The maximum Gasteiger partial charge on any atom is 0.387 e. The summed E-state index contributed by atoms with van der Waals surface area (Å²) in [5, 5.41) is 13.1. The summed E-state index contributed by atoms with van der Waals surface area (Å²) in [6, 6.07) is 13.6. The summed E-state index contributed by atoms with van der Waals surface area (Å²) in [5.41, 5.74) is 8.21. The van der Waals surface area contributed by atoms with Crippen LogP contribution in [0, 0.1) is 0 Å². The fourth-order valence-corrected chi connectivity index (χ4v) is 2.24. The molecule has 8 heteroatoms. The van der Waals surface area contributed by atoms with Crippen molar-refractivity contribution in [3.8, 4) is 5.75 Å². The van der Waals surface area contributed by atoms with Gasteiger partial charge in [0.15, 0.2) is 5.96 Å². The Hall–Kier alpha value is -1.94. The number of halogens is 3. The van der Waals surface area contributed by atoms with Crippen LogP contribution in [0.4, 0.5) is 14.5 Å². The predicted octanol–water partition coefficient (Wildman–Crippen LogP) is 3.93. The van der Waals surface area contributed by atoms with Gasteiger partial charge in [-0.05, 0) is 41.8 Å². The number of aryl methyl sites for hydroxylation is 1. The number of guanidine groups is 1. The number of nitrogens with one attached hydrogen (secondary N) is 1. The minimum atomic E-state index is -2.91. The lowest BCUT2D eigenvalue weighted by molar-refractivity contribution is -0.0499. The predicted molar refractivity (Wildman–Crippen MR) is 109 cm³/mol. The van der Waals surface area contributed by atoms with Crippen LogP contribution in [0.5, 0.6) is 5.75 Å². The molecule has 0 fully saturated rings. The zero-order valence-electron chi connectivity index (χ0n) is 14.2. The molecule has 0 amide bonds. The average molecular weight is 477 g/mol. The summed E-state index contributed by atoms with van der Waals surface area (Å²) in [6.07, 6.45) is -0.0778. The molecule has 2 aromatic rings. The van der Waals surface area contributed by atoms with Crippen LogP contribution in [0.1, 0.15) is 24.2 Å². The molecule has 1 atom stereocenters. The van der Waals surface area contributed by atoms with Gasteiger partial charge in [-0.3, -0.25) is 4.99 Å². The maximum absolute atomic E-state index is 12.2. The molecule has 1 unspecified atom stereocenters. The van der Waals surface area contributed by atoms with E-state index in [-0.39, 0.29) is 42.2 Å². The normalized spacial score (nSPS) is 12.4. The second-order valence-corrected chi connectivity index (χ2v) is 5.37. The van der Waals surface area contributed by atoms with E-state index >= 15 is 0 Å². The molecule has 0 radical (unpaired) electrons. The van der Waals surface area contributed by atoms with Crippen molar-refractivity contribution in [2.24, 2.45) is 10.7 Å². The van der Waals surface area contributed by atoms with E-state index in [0.29, 0.717) is 5.56 Å². The lowest BCUT2D eigenvalue weighted by atomic mass is 10.1. The molecule has 0 aromatic heterocycles. The number of anilines is 1. The van der Waals surface area contributed by atoms with Crippen LogP contribution in [0.25, 0.3) is 0 Å². The van der Waals surface area contributed by atoms with E-state index in [1.807, 2.05) is 24.3 Å². The molecule has 0 bridgehead atoms. The van der Waals surface area contributed by atoms with Gasteiger partial charge in [-0.1, -0.05) is 31.2 Å². The summed E-state index contributed by atoms with van der Waals surface area (Å²) < 4.78 is 28.8. The number of nitrogens with two attached hydrogens (primary N) is 1. The van der Waals surface area contributed by atoms with Crippen molar-refractivity contribution < 1.29 is 18.6 Å². The molecule has 2 rings (SSSR count). The van der Waals surface area contributed by atoms with Crippen molar-refractivity contribution >= 4 is 35.6 Å². The molecular weight excluding hydrogens is 455 g/mol. The van der Waals surface area contributed by atoms with Crippen LogP contribution in [0.15, 0.2) is 53.5 Å².